The topological polar surface area (TPSA) is 105 Å². The summed E-state index contributed by atoms with van der Waals surface area (Å²) in [5.74, 6) is 0.105. The lowest BCUT2D eigenvalue weighted by Gasteiger charge is -2.35. The van der Waals surface area contributed by atoms with E-state index in [0.717, 1.165) is 31.6 Å². The maximum atomic E-state index is 11.5. The largest absolute Gasteiger partial charge is 0.393 e. The number of carbonyl (C=O) groups excluding carboxylic acids is 1. The number of carbonyl (C=O) groups is 1. The third kappa shape index (κ3) is 2.96. The number of anilines is 2. The molecule has 19 heavy (non-hydrogen) atoms. The van der Waals surface area contributed by atoms with E-state index in [0.29, 0.717) is 11.5 Å². The number of nitrogens with two attached hydrogens (primary N) is 2. The number of aliphatic hydroxyl groups excluding tert-OH is 1. The van der Waals surface area contributed by atoms with Crippen LogP contribution in [0.2, 0.25) is 0 Å². The quantitative estimate of drug-likeness (QED) is 0.731. The zero-order valence-electron chi connectivity index (χ0n) is 11.0. The number of rotatable bonds is 3. The number of nitrogen functional groups attached to an aromatic ring is 1. The van der Waals surface area contributed by atoms with Gasteiger partial charge in [-0.15, -0.1) is 0 Å². The minimum atomic E-state index is -0.498. The van der Waals surface area contributed by atoms with Crippen LogP contribution in [0.15, 0.2) is 12.3 Å². The molecule has 1 aromatic heterocycles. The van der Waals surface area contributed by atoms with Gasteiger partial charge in [-0.05, 0) is 31.7 Å². The highest BCUT2D eigenvalue weighted by molar-refractivity contribution is 5.99. The Hall–Kier alpha value is -1.82. The first kappa shape index (κ1) is 13.6. The molecular weight excluding hydrogens is 244 g/mol. The van der Waals surface area contributed by atoms with Gasteiger partial charge in [-0.2, -0.15) is 0 Å². The fourth-order valence-electron chi connectivity index (χ4n) is 2.54. The summed E-state index contributed by atoms with van der Waals surface area (Å²) in [7, 11) is 0. The number of primary amides is 1. The van der Waals surface area contributed by atoms with Crippen LogP contribution in [0.4, 0.5) is 11.5 Å². The van der Waals surface area contributed by atoms with E-state index in [9.17, 15) is 9.90 Å². The van der Waals surface area contributed by atoms with Crippen molar-refractivity contribution in [1.82, 2.24) is 4.98 Å². The molecule has 0 radical (unpaired) electrons. The zero-order valence-corrected chi connectivity index (χ0v) is 11.0. The average Bonchev–Trinajstić information content (AvgIpc) is 2.38. The van der Waals surface area contributed by atoms with Crippen LogP contribution in [0, 0.1) is 5.92 Å². The van der Waals surface area contributed by atoms with Gasteiger partial charge in [-0.25, -0.2) is 4.98 Å². The molecule has 5 N–H and O–H groups in total. The normalized spacial score (nSPS) is 18.3. The molecule has 2 heterocycles. The van der Waals surface area contributed by atoms with Crippen LogP contribution in [-0.2, 0) is 0 Å². The second-order valence-corrected chi connectivity index (χ2v) is 5.06. The molecule has 2 rings (SSSR count). The molecule has 1 aromatic rings. The highest BCUT2D eigenvalue weighted by Gasteiger charge is 2.25. The molecule has 0 aliphatic carbocycles. The third-order valence-electron chi connectivity index (χ3n) is 3.73. The highest BCUT2D eigenvalue weighted by Crippen LogP contribution is 2.27. The number of nitrogens with zero attached hydrogens (tertiary/aromatic N) is 2. The van der Waals surface area contributed by atoms with Crippen LogP contribution < -0.4 is 16.4 Å². The first-order chi connectivity index (χ1) is 8.99. The second kappa shape index (κ2) is 5.44. The lowest BCUT2D eigenvalue weighted by Crippen LogP contribution is -2.38. The Bertz CT molecular complexity index is 468. The Morgan fingerprint density at radius 3 is 2.68 bits per heavy atom. The summed E-state index contributed by atoms with van der Waals surface area (Å²) in [6, 6.07) is 1.51. The third-order valence-corrected chi connectivity index (χ3v) is 3.73. The molecule has 0 spiro atoms. The molecule has 6 heteroatoms. The number of aromatic nitrogens is 1. The van der Waals surface area contributed by atoms with Gasteiger partial charge < -0.3 is 21.5 Å². The van der Waals surface area contributed by atoms with Gasteiger partial charge in [0.2, 0.25) is 0 Å². The standard InChI is InChI=1S/C13H20N4O2/c1-8(18)9-2-4-17(5-3-9)11-7-16-12(14)6-10(11)13(15)19/h6-9,18H,2-5H2,1H3,(H2,14,16)(H2,15,19). The van der Waals surface area contributed by atoms with E-state index >= 15 is 0 Å². The molecule has 0 saturated carbocycles. The lowest BCUT2D eigenvalue weighted by atomic mass is 9.92. The van der Waals surface area contributed by atoms with E-state index < -0.39 is 5.91 Å². The predicted octanol–water partition coefficient (Wildman–Crippen LogP) is 0.360. The number of pyridine rings is 1. The average molecular weight is 264 g/mol. The molecule has 0 bridgehead atoms. The molecule has 1 fully saturated rings. The molecule has 6 nitrogen and oxygen atoms in total. The maximum absolute atomic E-state index is 11.5. The highest BCUT2D eigenvalue weighted by atomic mass is 16.3. The Kier molecular flexibility index (Phi) is 3.90. The van der Waals surface area contributed by atoms with Gasteiger partial charge in [0.15, 0.2) is 0 Å². The lowest BCUT2D eigenvalue weighted by molar-refractivity contribution is 0.0998. The molecule has 0 aromatic carbocycles. The summed E-state index contributed by atoms with van der Waals surface area (Å²) in [5, 5.41) is 9.59. The van der Waals surface area contributed by atoms with Crippen LogP contribution in [0.1, 0.15) is 30.1 Å². The van der Waals surface area contributed by atoms with Crippen molar-refractivity contribution in [2.45, 2.75) is 25.9 Å². The van der Waals surface area contributed by atoms with E-state index in [1.165, 1.54) is 6.07 Å². The smallest absolute Gasteiger partial charge is 0.251 e. The van der Waals surface area contributed by atoms with Gasteiger partial charge in [0.05, 0.1) is 23.6 Å². The van der Waals surface area contributed by atoms with Crippen LogP contribution >= 0.6 is 0 Å². The minimum absolute atomic E-state index is 0.288. The van der Waals surface area contributed by atoms with Crippen LogP contribution in [-0.4, -0.2) is 35.2 Å². The summed E-state index contributed by atoms with van der Waals surface area (Å²) < 4.78 is 0. The predicted molar refractivity (Wildman–Crippen MR) is 73.8 cm³/mol. The van der Waals surface area contributed by atoms with Gasteiger partial charge in [0, 0.05) is 13.1 Å². The molecule has 1 amide bonds. The van der Waals surface area contributed by atoms with E-state index in [1.807, 2.05) is 6.92 Å². The SMILES string of the molecule is CC(O)C1CCN(c2cnc(N)cc2C(N)=O)CC1. The maximum Gasteiger partial charge on any atom is 0.251 e. The van der Waals surface area contributed by atoms with Gasteiger partial charge in [-0.1, -0.05) is 0 Å². The van der Waals surface area contributed by atoms with Crippen LogP contribution in [0.25, 0.3) is 0 Å². The van der Waals surface area contributed by atoms with Gasteiger partial charge in [0.1, 0.15) is 5.82 Å². The Balaban J connectivity index is 2.17. The molecule has 1 saturated heterocycles. The number of aliphatic hydroxyl groups is 1. The van der Waals surface area contributed by atoms with Crippen molar-refractivity contribution in [2.24, 2.45) is 11.7 Å². The summed E-state index contributed by atoms with van der Waals surface area (Å²) in [5.41, 5.74) is 12.1. The van der Waals surface area contributed by atoms with Crippen molar-refractivity contribution in [2.75, 3.05) is 23.7 Å². The summed E-state index contributed by atoms with van der Waals surface area (Å²) >= 11 is 0. The zero-order chi connectivity index (χ0) is 14.0. The first-order valence-electron chi connectivity index (χ1n) is 6.47. The molecule has 104 valence electrons. The number of hydrogen-bond donors (Lipinski definition) is 3. The van der Waals surface area contributed by atoms with Crippen molar-refractivity contribution in [1.29, 1.82) is 0 Å². The molecule has 1 atom stereocenters. The Labute approximate surface area is 112 Å². The first-order valence-corrected chi connectivity index (χ1v) is 6.47. The fourth-order valence-corrected chi connectivity index (χ4v) is 2.54. The molecule has 1 unspecified atom stereocenters. The molecule has 1 aliphatic rings. The molecule has 1 aliphatic heterocycles. The minimum Gasteiger partial charge on any atom is -0.393 e. The van der Waals surface area contributed by atoms with Gasteiger partial charge in [-0.3, -0.25) is 4.79 Å². The summed E-state index contributed by atoms with van der Waals surface area (Å²) in [6.45, 7) is 3.38. The fraction of sp³-hybridized carbons (Fsp3) is 0.538. The Morgan fingerprint density at radius 1 is 1.53 bits per heavy atom. The van der Waals surface area contributed by atoms with Crippen LogP contribution in [0.5, 0.6) is 0 Å². The Morgan fingerprint density at radius 2 is 2.16 bits per heavy atom. The van der Waals surface area contributed by atoms with Crippen molar-refractivity contribution in [3.8, 4) is 0 Å². The number of hydrogen-bond acceptors (Lipinski definition) is 5. The molecular formula is C13H20N4O2. The van der Waals surface area contributed by atoms with E-state index in [4.69, 9.17) is 11.5 Å². The van der Waals surface area contributed by atoms with E-state index in [-0.39, 0.29) is 11.9 Å². The monoisotopic (exact) mass is 264 g/mol. The number of amides is 1. The number of piperidine rings is 1. The van der Waals surface area contributed by atoms with Gasteiger partial charge in [0.25, 0.3) is 5.91 Å². The summed E-state index contributed by atoms with van der Waals surface area (Å²) in [6.07, 6.45) is 3.08. The van der Waals surface area contributed by atoms with E-state index in [2.05, 4.69) is 9.88 Å². The summed E-state index contributed by atoms with van der Waals surface area (Å²) in [4.78, 5) is 17.6. The van der Waals surface area contributed by atoms with Crippen molar-refractivity contribution in [3.63, 3.8) is 0 Å². The van der Waals surface area contributed by atoms with E-state index in [1.54, 1.807) is 6.20 Å². The van der Waals surface area contributed by atoms with Crippen LogP contribution in [0.3, 0.4) is 0 Å². The second-order valence-electron chi connectivity index (χ2n) is 5.06. The van der Waals surface area contributed by atoms with Crippen molar-refractivity contribution >= 4 is 17.4 Å². The van der Waals surface area contributed by atoms with Gasteiger partial charge >= 0.3 is 0 Å². The van der Waals surface area contributed by atoms with Crippen molar-refractivity contribution in [3.05, 3.63) is 17.8 Å². The van der Waals surface area contributed by atoms with Crippen molar-refractivity contribution < 1.29 is 9.90 Å².